The Balaban J connectivity index is 4.31. The van der Waals surface area contributed by atoms with Crippen LogP contribution >= 0.6 is 12.6 Å². The molecule has 0 bridgehead atoms. The fourth-order valence-corrected chi connectivity index (χ4v) is 0.399. The first-order valence-corrected chi connectivity index (χ1v) is 3.19. The predicted octanol–water partition coefficient (Wildman–Crippen LogP) is 1.32. The minimum absolute atomic E-state index is 0.0720. The molecule has 1 N–H and O–H groups in total. The molecule has 0 saturated carbocycles. The Hall–Kier alpha value is -0.770. The van der Waals surface area contributed by atoms with Gasteiger partial charge in [0.2, 0.25) is 0 Å². The lowest BCUT2D eigenvalue weighted by Gasteiger charge is -1.91. The van der Waals surface area contributed by atoms with Crippen LogP contribution in [-0.4, -0.2) is 16.8 Å². The molecule has 0 aliphatic heterocycles. The van der Waals surface area contributed by atoms with E-state index in [0.717, 1.165) is 0 Å². The fourth-order valence-electron chi connectivity index (χ4n) is 0.341. The third kappa shape index (κ3) is 3.29. The zero-order chi connectivity index (χ0) is 8.15. The number of rotatable bonds is 2. The molecule has 0 spiro atoms. The first-order valence-electron chi connectivity index (χ1n) is 2.67. The molecule has 0 heterocycles. The molecular formula is C6H9NO2S. The summed E-state index contributed by atoms with van der Waals surface area (Å²) in [5.74, 6) is -1.01. The average Bonchev–Trinajstić information content (AvgIpc) is 1.87. The maximum Gasteiger partial charge on any atom is 0.349 e. The lowest BCUT2D eigenvalue weighted by atomic mass is 10.4. The van der Waals surface area contributed by atoms with Gasteiger partial charge in [-0.05, 0) is 19.3 Å². The summed E-state index contributed by atoms with van der Waals surface area (Å²) >= 11 is 3.80. The van der Waals surface area contributed by atoms with Crippen molar-refractivity contribution in [3.63, 3.8) is 0 Å². The van der Waals surface area contributed by atoms with E-state index in [1.807, 2.05) is 0 Å². The average molecular weight is 159 g/mol. The van der Waals surface area contributed by atoms with Gasteiger partial charge in [-0.1, -0.05) is 0 Å². The summed E-state index contributed by atoms with van der Waals surface area (Å²) in [6.45, 7) is 3.11. The zero-order valence-corrected chi connectivity index (χ0v) is 6.72. The molecule has 0 rings (SSSR count). The van der Waals surface area contributed by atoms with Gasteiger partial charge in [0.05, 0.1) is 0 Å². The summed E-state index contributed by atoms with van der Waals surface area (Å²) in [5.41, 5.74) is 0.658. The summed E-state index contributed by atoms with van der Waals surface area (Å²) in [7, 11) is 0. The third-order valence-electron chi connectivity index (χ3n) is 0.840. The van der Waals surface area contributed by atoms with Gasteiger partial charge in [0.15, 0.2) is 0 Å². The molecular weight excluding hydrogens is 150 g/mol. The van der Waals surface area contributed by atoms with Crippen molar-refractivity contribution in [2.75, 3.05) is 0 Å². The van der Waals surface area contributed by atoms with Crippen LogP contribution in [-0.2, 0) is 4.79 Å². The molecule has 0 aromatic carbocycles. The fraction of sp³-hybridized carbons (Fsp3) is 0.333. The number of aliphatic imine (C=N–C) groups is 1. The Labute approximate surface area is 64.9 Å². The van der Waals surface area contributed by atoms with E-state index in [1.54, 1.807) is 6.92 Å². The number of nitrogens with zero attached hydrogens (tertiary/aromatic N) is 1. The second-order valence-electron chi connectivity index (χ2n) is 1.77. The van der Waals surface area contributed by atoms with Crippen LogP contribution in [0.1, 0.15) is 13.8 Å². The Morgan fingerprint density at radius 2 is 2.10 bits per heavy atom. The van der Waals surface area contributed by atoms with Gasteiger partial charge < -0.3 is 5.11 Å². The highest BCUT2D eigenvalue weighted by Crippen LogP contribution is 1.96. The second kappa shape index (κ2) is 4.11. The summed E-state index contributed by atoms with van der Waals surface area (Å²) in [6, 6.07) is 0. The van der Waals surface area contributed by atoms with Crippen LogP contribution in [0, 0.1) is 0 Å². The zero-order valence-electron chi connectivity index (χ0n) is 5.83. The molecule has 0 saturated heterocycles. The van der Waals surface area contributed by atoms with E-state index in [0.29, 0.717) is 5.70 Å². The Morgan fingerprint density at radius 3 is 2.40 bits per heavy atom. The first kappa shape index (κ1) is 9.23. The largest absolute Gasteiger partial charge is 0.477 e. The van der Waals surface area contributed by atoms with Gasteiger partial charge in [-0.2, -0.15) is 0 Å². The molecule has 56 valence electrons. The van der Waals surface area contributed by atoms with E-state index < -0.39 is 5.97 Å². The van der Waals surface area contributed by atoms with E-state index in [2.05, 4.69) is 17.6 Å². The molecule has 0 fully saturated rings. The molecule has 0 aromatic rings. The molecule has 10 heavy (non-hydrogen) atoms. The molecule has 4 heteroatoms. The van der Waals surface area contributed by atoms with Crippen molar-refractivity contribution in [3.05, 3.63) is 11.1 Å². The van der Waals surface area contributed by atoms with Gasteiger partial charge in [0.1, 0.15) is 5.71 Å². The van der Waals surface area contributed by atoms with Gasteiger partial charge >= 0.3 is 5.97 Å². The van der Waals surface area contributed by atoms with Crippen LogP contribution in [0.15, 0.2) is 16.1 Å². The van der Waals surface area contributed by atoms with Crippen LogP contribution in [0.25, 0.3) is 0 Å². The normalized spacial score (nSPS) is 13.5. The van der Waals surface area contributed by atoms with Crippen LogP contribution in [0.4, 0.5) is 0 Å². The minimum atomic E-state index is -1.01. The summed E-state index contributed by atoms with van der Waals surface area (Å²) in [6.07, 6.45) is 0. The molecule has 0 atom stereocenters. The maximum absolute atomic E-state index is 10.2. The molecule has 0 aromatic heterocycles. The lowest BCUT2D eigenvalue weighted by Crippen LogP contribution is -2.07. The Morgan fingerprint density at radius 1 is 1.60 bits per heavy atom. The topological polar surface area (TPSA) is 49.7 Å². The van der Waals surface area contributed by atoms with E-state index in [9.17, 15) is 4.79 Å². The highest BCUT2D eigenvalue weighted by molar-refractivity contribution is 7.83. The third-order valence-corrected chi connectivity index (χ3v) is 1.21. The number of carboxylic acid groups (broad SMARTS) is 1. The van der Waals surface area contributed by atoms with E-state index >= 15 is 0 Å². The highest BCUT2D eigenvalue weighted by atomic mass is 32.1. The smallest absolute Gasteiger partial charge is 0.349 e. The number of carbonyl (C=O) groups is 1. The number of hydrogen-bond donors (Lipinski definition) is 2. The van der Waals surface area contributed by atoms with Gasteiger partial charge in [-0.15, -0.1) is 12.6 Å². The standard InChI is InChI=1S/C6H9NO2S/c1-4(3-10)7-5(2)6(8)9/h3,10H,1-2H3,(H,8,9)/b4-3-,7-5?. The maximum atomic E-state index is 10.2. The van der Waals surface area contributed by atoms with E-state index in [1.165, 1.54) is 12.3 Å². The van der Waals surface area contributed by atoms with Crippen LogP contribution in [0.5, 0.6) is 0 Å². The van der Waals surface area contributed by atoms with Gasteiger partial charge in [-0.25, -0.2) is 4.79 Å². The van der Waals surface area contributed by atoms with E-state index in [4.69, 9.17) is 5.11 Å². The highest BCUT2D eigenvalue weighted by Gasteiger charge is 1.99. The van der Waals surface area contributed by atoms with Crippen molar-refractivity contribution < 1.29 is 9.90 Å². The number of carboxylic acids is 1. The summed E-state index contributed by atoms with van der Waals surface area (Å²) in [5, 5.41) is 9.79. The molecule has 3 nitrogen and oxygen atoms in total. The van der Waals surface area contributed by atoms with Gasteiger partial charge in [0, 0.05) is 5.70 Å². The molecule has 0 aliphatic carbocycles. The second-order valence-corrected chi connectivity index (χ2v) is 2.03. The van der Waals surface area contributed by atoms with Gasteiger partial charge in [0.25, 0.3) is 0 Å². The number of aliphatic carboxylic acids is 1. The SMILES string of the molecule is CC(=N/C(C)=C\S)C(=O)O. The van der Waals surface area contributed by atoms with Crippen LogP contribution < -0.4 is 0 Å². The predicted molar refractivity (Wildman–Crippen MR) is 43.5 cm³/mol. The molecule has 0 aliphatic rings. The van der Waals surface area contributed by atoms with Crippen molar-refractivity contribution in [2.24, 2.45) is 4.99 Å². The van der Waals surface area contributed by atoms with Crippen molar-refractivity contribution >= 4 is 24.3 Å². The number of allylic oxidation sites excluding steroid dienone is 1. The molecule has 0 unspecified atom stereocenters. The van der Waals surface area contributed by atoms with Crippen molar-refractivity contribution in [2.45, 2.75) is 13.8 Å². The summed E-state index contributed by atoms with van der Waals surface area (Å²) in [4.78, 5) is 13.9. The van der Waals surface area contributed by atoms with Crippen molar-refractivity contribution in [3.8, 4) is 0 Å². The number of hydrogen-bond acceptors (Lipinski definition) is 3. The van der Waals surface area contributed by atoms with Gasteiger partial charge in [-0.3, -0.25) is 4.99 Å². The summed E-state index contributed by atoms with van der Waals surface area (Å²) < 4.78 is 0. The minimum Gasteiger partial charge on any atom is -0.477 e. The van der Waals surface area contributed by atoms with E-state index in [-0.39, 0.29) is 5.71 Å². The van der Waals surface area contributed by atoms with Crippen molar-refractivity contribution in [1.29, 1.82) is 0 Å². The van der Waals surface area contributed by atoms with Crippen LogP contribution in [0.3, 0.4) is 0 Å². The number of thiol groups is 1. The molecule has 0 amide bonds. The Kier molecular flexibility index (Phi) is 3.79. The molecule has 0 radical (unpaired) electrons. The van der Waals surface area contributed by atoms with Crippen molar-refractivity contribution in [1.82, 2.24) is 0 Å². The first-order chi connectivity index (χ1) is 4.57. The van der Waals surface area contributed by atoms with Crippen LogP contribution in [0.2, 0.25) is 0 Å². The Bertz CT molecular complexity index is 196. The monoisotopic (exact) mass is 159 g/mol. The lowest BCUT2D eigenvalue weighted by molar-refractivity contribution is -0.129. The quantitative estimate of drug-likeness (QED) is 0.471.